The number of anilines is 1. The fourth-order valence-electron chi connectivity index (χ4n) is 2.99. The number of carbonyl (C=O) groups excluding carboxylic acids is 2. The van der Waals surface area contributed by atoms with E-state index in [1.54, 1.807) is 6.92 Å². The summed E-state index contributed by atoms with van der Waals surface area (Å²) in [6, 6.07) is 9.79. The SMILES string of the molecule is CCOC(=O)c1ccc(N2N=C(C(F)(F)F)/C(=C/c3ccc(OC)c(OC)c3)C2=O)cc1. The van der Waals surface area contributed by atoms with Crippen LogP contribution in [0.25, 0.3) is 6.08 Å². The first kappa shape index (κ1) is 22.9. The van der Waals surface area contributed by atoms with Crippen molar-refractivity contribution < 1.29 is 37.0 Å². The largest absolute Gasteiger partial charge is 0.493 e. The Balaban J connectivity index is 1.99. The third-order valence-electron chi connectivity index (χ3n) is 4.49. The van der Waals surface area contributed by atoms with Gasteiger partial charge >= 0.3 is 12.1 Å². The van der Waals surface area contributed by atoms with Gasteiger partial charge in [-0.1, -0.05) is 6.07 Å². The van der Waals surface area contributed by atoms with Crippen molar-refractivity contribution in [1.29, 1.82) is 0 Å². The third kappa shape index (κ3) is 4.58. The zero-order valence-corrected chi connectivity index (χ0v) is 17.4. The lowest BCUT2D eigenvalue weighted by Crippen LogP contribution is -2.25. The van der Waals surface area contributed by atoms with Crippen LogP contribution in [-0.4, -0.2) is 44.6 Å². The molecule has 1 amide bonds. The number of benzene rings is 2. The molecule has 0 N–H and O–H groups in total. The highest BCUT2D eigenvalue weighted by Crippen LogP contribution is 2.34. The second kappa shape index (κ2) is 9.13. The van der Waals surface area contributed by atoms with Crippen molar-refractivity contribution in [2.45, 2.75) is 13.1 Å². The van der Waals surface area contributed by atoms with Gasteiger partial charge in [0, 0.05) is 0 Å². The molecule has 32 heavy (non-hydrogen) atoms. The third-order valence-corrected chi connectivity index (χ3v) is 4.49. The summed E-state index contributed by atoms with van der Waals surface area (Å²) < 4.78 is 56.1. The highest BCUT2D eigenvalue weighted by atomic mass is 19.4. The maximum atomic E-state index is 13.6. The van der Waals surface area contributed by atoms with Crippen LogP contribution in [0.4, 0.5) is 18.9 Å². The summed E-state index contributed by atoms with van der Waals surface area (Å²) in [4.78, 5) is 24.6. The quantitative estimate of drug-likeness (QED) is 0.488. The predicted octanol–water partition coefficient (Wildman–Crippen LogP) is 4.23. The smallest absolute Gasteiger partial charge is 0.435 e. The van der Waals surface area contributed by atoms with Crippen LogP contribution in [-0.2, 0) is 9.53 Å². The van der Waals surface area contributed by atoms with Crippen molar-refractivity contribution in [1.82, 2.24) is 0 Å². The number of rotatable bonds is 6. The topological polar surface area (TPSA) is 77.4 Å². The molecular weight excluding hydrogens is 429 g/mol. The molecule has 2 aromatic carbocycles. The van der Waals surface area contributed by atoms with Crippen molar-refractivity contribution >= 4 is 29.4 Å². The summed E-state index contributed by atoms with van der Waals surface area (Å²) in [6.07, 6.45) is -3.78. The van der Waals surface area contributed by atoms with Crippen molar-refractivity contribution in [3.8, 4) is 11.5 Å². The van der Waals surface area contributed by atoms with Gasteiger partial charge in [0.05, 0.1) is 37.7 Å². The average Bonchev–Trinajstić information content (AvgIpc) is 3.10. The number of alkyl halides is 3. The Kier molecular flexibility index (Phi) is 6.52. The molecule has 3 rings (SSSR count). The van der Waals surface area contributed by atoms with Crippen LogP contribution < -0.4 is 14.5 Å². The Hall–Kier alpha value is -3.82. The summed E-state index contributed by atoms with van der Waals surface area (Å²) in [6.45, 7) is 1.82. The van der Waals surface area contributed by atoms with Crippen LogP contribution in [0.1, 0.15) is 22.8 Å². The number of amides is 1. The van der Waals surface area contributed by atoms with E-state index < -0.39 is 29.3 Å². The highest BCUT2D eigenvalue weighted by Gasteiger charge is 2.46. The van der Waals surface area contributed by atoms with Gasteiger partial charge in [-0.25, -0.2) is 4.79 Å². The molecule has 0 radical (unpaired) electrons. The van der Waals surface area contributed by atoms with E-state index >= 15 is 0 Å². The maximum absolute atomic E-state index is 13.6. The Labute approximate surface area is 181 Å². The highest BCUT2D eigenvalue weighted by molar-refractivity contribution is 6.34. The minimum absolute atomic E-state index is 0.0699. The van der Waals surface area contributed by atoms with Crippen LogP contribution in [0, 0.1) is 0 Å². The van der Waals surface area contributed by atoms with Gasteiger partial charge in [0.25, 0.3) is 5.91 Å². The molecule has 1 aliphatic heterocycles. The number of hydrogen-bond acceptors (Lipinski definition) is 6. The number of hydrogen-bond donors (Lipinski definition) is 0. The van der Waals surface area contributed by atoms with E-state index in [1.165, 1.54) is 56.7 Å². The fourth-order valence-corrected chi connectivity index (χ4v) is 2.99. The molecule has 0 saturated carbocycles. The van der Waals surface area contributed by atoms with Crippen molar-refractivity contribution in [2.24, 2.45) is 5.10 Å². The summed E-state index contributed by atoms with van der Waals surface area (Å²) in [5.74, 6) is -0.860. The number of halogens is 3. The first-order valence-electron chi connectivity index (χ1n) is 9.41. The molecule has 10 heteroatoms. The first-order chi connectivity index (χ1) is 15.2. The van der Waals surface area contributed by atoms with E-state index in [0.717, 1.165) is 6.08 Å². The standard InChI is InChI=1S/C22H19F3N2O5/c1-4-32-21(29)14-6-8-15(9-7-14)27-20(28)16(19(26-27)22(23,24)25)11-13-5-10-17(30-2)18(12-13)31-3/h5-12H,4H2,1-3H3/b16-11-. The second-order valence-electron chi connectivity index (χ2n) is 6.50. The zero-order valence-electron chi connectivity index (χ0n) is 17.4. The van der Waals surface area contributed by atoms with Gasteiger partial charge in [-0.15, -0.1) is 0 Å². The van der Waals surface area contributed by atoms with Gasteiger partial charge in [0.15, 0.2) is 17.2 Å². The molecule has 0 atom stereocenters. The molecule has 7 nitrogen and oxygen atoms in total. The first-order valence-corrected chi connectivity index (χ1v) is 9.41. The van der Waals surface area contributed by atoms with Crippen molar-refractivity contribution in [2.75, 3.05) is 25.8 Å². The Bertz CT molecular complexity index is 1090. The van der Waals surface area contributed by atoms with E-state index in [1.807, 2.05) is 0 Å². The number of carbonyl (C=O) groups is 2. The molecule has 2 aromatic rings. The normalized spacial score (nSPS) is 15.1. The molecular formula is C22H19F3N2O5. The fraction of sp³-hybridized carbons (Fsp3) is 0.227. The lowest BCUT2D eigenvalue weighted by atomic mass is 10.1. The molecule has 0 fully saturated rings. The van der Waals surface area contributed by atoms with Gasteiger partial charge in [-0.05, 0) is 55.0 Å². The van der Waals surface area contributed by atoms with Crippen LogP contribution >= 0.6 is 0 Å². The Morgan fingerprint density at radius 2 is 1.72 bits per heavy atom. The molecule has 0 unspecified atom stereocenters. The van der Waals surface area contributed by atoms with Crippen molar-refractivity contribution in [3.63, 3.8) is 0 Å². The van der Waals surface area contributed by atoms with E-state index in [-0.39, 0.29) is 17.9 Å². The second-order valence-corrected chi connectivity index (χ2v) is 6.50. The summed E-state index contributed by atoms with van der Waals surface area (Å²) in [7, 11) is 2.82. The number of hydrazone groups is 1. The predicted molar refractivity (Wildman–Crippen MR) is 111 cm³/mol. The molecule has 0 bridgehead atoms. The molecule has 168 valence electrons. The van der Waals surface area contributed by atoms with Gasteiger partial charge in [0.1, 0.15) is 0 Å². The lowest BCUT2D eigenvalue weighted by Gasteiger charge is -2.12. The minimum Gasteiger partial charge on any atom is -0.493 e. The van der Waals surface area contributed by atoms with Crippen LogP contribution in [0.3, 0.4) is 0 Å². The molecule has 0 aromatic heterocycles. The van der Waals surface area contributed by atoms with E-state index in [9.17, 15) is 22.8 Å². The molecule has 0 saturated heterocycles. The number of methoxy groups -OCH3 is 2. The lowest BCUT2D eigenvalue weighted by molar-refractivity contribution is -0.114. The van der Waals surface area contributed by atoms with Gasteiger partial charge < -0.3 is 14.2 Å². The number of nitrogens with zero attached hydrogens (tertiary/aromatic N) is 2. The summed E-state index contributed by atoms with van der Waals surface area (Å²) >= 11 is 0. The molecule has 1 heterocycles. The number of esters is 1. The maximum Gasteiger partial charge on any atom is 0.435 e. The van der Waals surface area contributed by atoms with Crippen LogP contribution in [0.5, 0.6) is 11.5 Å². The van der Waals surface area contributed by atoms with Gasteiger partial charge in [0.2, 0.25) is 0 Å². The molecule has 0 spiro atoms. The van der Waals surface area contributed by atoms with Crippen LogP contribution in [0.15, 0.2) is 53.1 Å². The minimum atomic E-state index is -4.86. The van der Waals surface area contributed by atoms with Crippen LogP contribution in [0.2, 0.25) is 0 Å². The van der Waals surface area contributed by atoms with Crippen molar-refractivity contribution in [3.05, 3.63) is 59.2 Å². The summed E-state index contributed by atoms with van der Waals surface area (Å²) in [5.41, 5.74) is -1.39. The summed E-state index contributed by atoms with van der Waals surface area (Å²) in [5, 5.41) is 4.15. The Morgan fingerprint density at radius 1 is 1.06 bits per heavy atom. The average molecular weight is 448 g/mol. The molecule has 0 aliphatic carbocycles. The number of ether oxygens (including phenoxy) is 3. The zero-order chi connectivity index (χ0) is 23.5. The van der Waals surface area contributed by atoms with E-state index in [2.05, 4.69) is 5.10 Å². The Morgan fingerprint density at radius 3 is 2.28 bits per heavy atom. The molecule has 1 aliphatic rings. The monoisotopic (exact) mass is 448 g/mol. The van der Waals surface area contributed by atoms with Gasteiger partial charge in [-0.3, -0.25) is 4.79 Å². The van der Waals surface area contributed by atoms with E-state index in [4.69, 9.17) is 14.2 Å². The van der Waals surface area contributed by atoms with Gasteiger partial charge in [-0.2, -0.15) is 23.3 Å². The van der Waals surface area contributed by atoms with E-state index in [0.29, 0.717) is 22.1 Å².